The number of nitrogens with zero attached hydrogens (tertiary/aromatic N) is 1. The molecule has 0 aromatic heterocycles. The van der Waals surface area contributed by atoms with Gasteiger partial charge < -0.3 is 10.0 Å². The largest absolute Gasteiger partial charge is 1.00 e. The Balaban J connectivity index is 0.00000144. The van der Waals surface area contributed by atoms with Gasteiger partial charge >= 0.3 is 18.9 Å². The van der Waals surface area contributed by atoms with Gasteiger partial charge in [-0.1, -0.05) is 19.1 Å². The first-order valence-electron chi connectivity index (χ1n) is 5.62. The fourth-order valence-electron chi connectivity index (χ4n) is 2.02. The van der Waals surface area contributed by atoms with E-state index in [9.17, 15) is 5.11 Å². The topological polar surface area (TPSA) is 26.3 Å². The Bertz CT molecular complexity index is 381. The third kappa shape index (κ3) is 2.78. The maximum absolute atomic E-state index is 12.4. The average Bonchev–Trinajstić information content (AvgIpc) is 2.59. The predicted octanol–water partition coefficient (Wildman–Crippen LogP) is -0.545. The Kier molecular flexibility index (Phi) is 4.52. The molecule has 0 saturated heterocycles. The molecule has 0 aliphatic carbocycles. The van der Waals surface area contributed by atoms with Gasteiger partial charge in [0.25, 0.3) is 0 Å². The summed E-state index contributed by atoms with van der Waals surface area (Å²) in [5.74, 6) is 0.561. The van der Waals surface area contributed by atoms with Gasteiger partial charge in [0.15, 0.2) is 0 Å². The first-order valence-corrected chi connectivity index (χ1v) is 6.56. The standard InChI is InChI=1S/C13H19NOS.Li/c1-9-5-7-14(13(2,3)4)12(15)10-6-8-16-11(9)10;/h5-9,11,15H,1-4H3;/q;+1/p-1/t9-,11+;/m0./s1. The van der Waals surface area contributed by atoms with Gasteiger partial charge in [0.05, 0.1) is 0 Å². The predicted molar refractivity (Wildman–Crippen MR) is 67.4 cm³/mol. The van der Waals surface area contributed by atoms with E-state index < -0.39 is 0 Å². The maximum Gasteiger partial charge on any atom is 1.00 e. The molecule has 0 amide bonds. The summed E-state index contributed by atoms with van der Waals surface area (Å²) in [6.07, 6.45) is 6.06. The molecule has 2 rings (SSSR count). The zero-order chi connectivity index (χ0) is 11.9. The smallest absolute Gasteiger partial charge is 0.860 e. The molecule has 2 nitrogen and oxygen atoms in total. The first-order chi connectivity index (χ1) is 7.41. The van der Waals surface area contributed by atoms with E-state index in [0.717, 1.165) is 5.57 Å². The molecule has 2 heterocycles. The van der Waals surface area contributed by atoms with Crippen molar-refractivity contribution < 1.29 is 24.0 Å². The number of fused-ring (bicyclic) bond motifs is 1. The van der Waals surface area contributed by atoms with Gasteiger partial charge in [-0.3, -0.25) is 0 Å². The van der Waals surface area contributed by atoms with E-state index in [1.165, 1.54) is 0 Å². The molecule has 0 radical (unpaired) electrons. The van der Waals surface area contributed by atoms with Gasteiger partial charge in [0.2, 0.25) is 0 Å². The van der Waals surface area contributed by atoms with E-state index >= 15 is 0 Å². The molecule has 2 atom stereocenters. The van der Waals surface area contributed by atoms with Crippen LogP contribution in [0.1, 0.15) is 27.7 Å². The third-order valence-corrected chi connectivity index (χ3v) is 4.25. The van der Waals surface area contributed by atoms with Crippen LogP contribution in [0.4, 0.5) is 0 Å². The van der Waals surface area contributed by atoms with Crippen LogP contribution in [0.25, 0.3) is 0 Å². The SMILES string of the molecule is C[C@H]1C=CN(C(C)(C)C)C([O-])=C2C=CS[C@@H]21.[Li+]. The molecule has 0 spiro atoms. The van der Waals surface area contributed by atoms with Crippen molar-refractivity contribution in [2.45, 2.75) is 38.5 Å². The summed E-state index contributed by atoms with van der Waals surface area (Å²) >= 11 is 1.75. The van der Waals surface area contributed by atoms with Gasteiger partial charge in [-0.05, 0) is 49.8 Å². The van der Waals surface area contributed by atoms with Crippen molar-refractivity contribution in [1.82, 2.24) is 4.90 Å². The third-order valence-electron chi connectivity index (χ3n) is 2.98. The summed E-state index contributed by atoms with van der Waals surface area (Å²) in [5, 5.41) is 14.7. The monoisotopic (exact) mass is 243 g/mol. The molecular formula is C13H18LiNOS. The van der Waals surface area contributed by atoms with Gasteiger partial charge in [0.1, 0.15) is 0 Å². The first kappa shape index (κ1) is 14.8. The summed E-state index contributed by atoms with van der Waals surface area (Å²) in [4.78, 5) is 1.84. The van der Waals surface area contributed by atoms with E-state index in [2.05, 4.69) is 33.8 Å². The summed E-state index contributed by atoms with van der Waals surface area (Å²) in [6, 6.07) is 0. The molecule has 2 aliphatic heterocycles. The van der Waals surface area contributed by atoms with Crippen LogP contribution in [0, 0.1) is 5.92 Å². The summed E-state index contributed by atoms with van der Waals surface area (Å²) < 4.78 is 0. The Morgan fingerprint density at radius 2 is 2.00 bits per heavy atom. The normalized spacial score (nSPS) is 27.9. The van der Waals surface area contributed by atoms with E-state index in [1.807, 2.05) is 22.6 Å². The second kappa shape index (κ2) is 5.18. The number of hydrogen-bond acceptors (Lipinski definition) is 3. The molecular weight excluding hydrogens is 225 g/mol. The van der Waals surface area contributed by atoms with E-state index in [1.54, 1.807) is 11.8 Å². The molecule has 88 valence electrons. The van der Waals surface area contributed by atoms with Crippen molar-refractivity contribution in [3.63, 3.8) is 0 Å². The molecule has 4 heteroatoms. The fourth-order valence-corrected chi connectivity index (χ4v) is 3.08. The molecule has 17 heavy (non-hydrogen) atoms. The number of thioether (sulfide) groups is 1. The molecule has 0 aromatic rings. The molecule has 0 fully saturated rings. The van der Waals surface area contributed by atoms with Crippen LogP contribution in [0.15, 0.2) is 35.2 Å². The van der Waals surface area contributed by atoms with Crippen LogP contribution in [0.3, 0.4) is 0 Å². The zero-order valence-electron chi connectivity index (χ0n) is 11.2. The van der Waals surface area contributed by atoms with Crippen LogP contribution in [0.2, 0.25) is 0 Å². The summed E-state index contributed by atoms with van der Waals surface area (Å²) in [6.45, 7) is 8.35. The minimum absolute atomic E-state index is 0. The van der Waals surface area contributed by atoms with Crippen LogP contribution < -0.4 is 24.0 Å². The fraction of sp³-hybridized carbons (Fsp3) is 0.538. The van der Waals surface area contributed by atoms with E-state index in [4.69, 9.17) is 0 Å². The Hall–Kier alpha value is -0.233. The molecule has 0 N–H and O–H groups in total. The van der Waals surface area contributed by atoms with Crippen molar-refractivity contribution >= 4 is 11.8 Å². The van der Waals surface area contributed by atoms with Crippen LogP contribution in [0.5, 0.6) is 0 Å². The van der Waals surface area contributed by atoms with E-state index in [0.29, 0.717) is 11.2 Å². The zero-order valence-corrected chi connectivity index (χ0v) is 12.0. The number of hydrogen-bond donors (Lipinski definition) is 0. The van der Waals surface area contributed by atoms with E-state index in [-0.39, 0.29) is 30.3 Å². The van der Waals surface area contributed by atoms with Crippen molar-refractivity contribution in [3.8, 4) is 0 Å². The molecule has 0 bridgehead atoms. The number of rotatable bonds is 0. The van der Waals surface area contributed by atoms with Gasteiger partial charge in [-0.2, -0.15) is 0 Å². The van der Waals surface area contributed by atoms with Gasteiger partial charge in [0, 0.05) is 10.8 Å². The second-order valence-electron chi connectivity index (χ2n) is 5.36. The van der Waals surface area contributed by atoms with Crippen LogP contribution >= 0.6 is 11.8 Å². The summed E-state index contributed by atoms with van der Waals surface area (Å²) in [5.41, 5.74) is 0.786. The molecule has 2 aliphatic rings. The maximum atomic E-state index is 12.4. The van der Waals surface area contributed by atoms with Gasteiger partial charge in [-0.25, -0.2) is 0 Å². The number of allylic oxidation sites excluding steroid dienone is 2. The van der Waals surface area contributed by atoms with Crippen molar-refractivity contribution in [1.29, 1.82) is 0 Å². The van der Waals surface area contributed by atoms with Crippen molar-refractivity contribution in [3.05, 3.63) is 35.2 Å². The quantitative estimate of drug-likeness (QED) is 0.534. The molecule has 0 saturated carbocycles. The average molecular weight is 243 g/mol. The Labute approximate surface area is 120 Å². The minimum atomic E-state index is -0.156. The Morgan fingerprint density at radius 3 is 2.59 bits per heavy atom. The second-order valence-corrected chi connectivity index (χ2v) is 6.41. The Morgan fingerprint density at radius 1 is 1.35 bits per heavy atom. The van der Waals surface area contributed by atoms with Crippen molar-refractivity contribution in [2.24, 2.45) is 5.92 Å². The molecule has 0 aromatic carbocycles. The summed E-state index contributed by atoms with van der Waals surface area (Å²) in [7, 11) is 0. The minimum Gasteiger partial charge on any atom is -0.860 e. The van der Waals surface area contributed by atoms with Gasteiger partial charge in [-0.15, -0.1) is 11.8 Å². The van der Waals surface area contributed by atoms with Crippen LogP contribution in [-0.4, -0.2) is 15.7 Å². The molecule has 0 unspecified atom stereocenters. The van der Waals surface area contributed by atoms with Crippen molar-refractivity contribution in [2.75, 3.05) is 0 Å². The van der Waals surface area contributed by atoms with Crippen LogP contribution in [-0.2, 0) is 0 Å².